The molecule has 1 aromatic rings. The minimum atomic E-state index is -0.285. The van der Waals surface area contributed by atoms with Gasteiger partial charge in [0.25, 0.3) is 5.91 Å². The number of hydrogen-bond acceptors (Lipinski definition) is 6. The maximum absolute atomic E-state index is 12.3. The fraction of sp³-hybridized carbons (Fsp3) is 0.615. The van der Waals surface area contributed by atoms with E-state index in [1.54, 1.807) is 7.05 Å². The first-order chi connectivity index (χ1) is 9.90. The van der Waals surface area contributed by atoms with Crippen molar-refractivity contribution >= 4 is 34.1 Å². The van der Waals surface area contributed by atoms with E-state index in [9.17, 15) is 9.59 Å². The summed E-state index contributed by atoms with van der Waals surface area (Å²) in [4.78, 5) is 31.7. The second kappa shape index (κ2) is 7.82. The molecule has 0 aliphatic rings. The summed E-state index contributed by atoms with van der Waals surface area (Å²) in [6, 6.07) is 0. The van der Waals surface area contributed by atoms with Gasteiger partial charge in [0.2, 0.25) is 5.91 Å². The highest BCUT2D eigenvalue weighted by molar-refractivity contribution is 7.18. The summed E-state index contributed by atoms with van der Waals surface area (Å²) in [5.74, 6) is -0.266. The zero-order valence-electron chi connectivity index (χ0n) is 13.0. The van der Waals surface area contributed by atoms with Crippen molar-refractivity contribution in [3.05, 3.63) is 4.88 Å². The molecule has 1 rings (SSSR count). The van der Waals surface area contributed by atoms with Gasteiger partial charge in [-0.1, -0.05) is 18.3 Å². The van der Waals surface area contributed by atoms with Crippen LogP contribution in [-0.4, -0.2) is 55.4 Å². The Balaban J connectivity index is 2.80. The quantitative estimate of drug-likeness (QED) is 0.776. The van der Waals surface area contributed by atoms with E-state index in [0.717, 1.165) is 13.0 Å². The van der Waals surface area contributed by atoms with Crippen LogP contribution in [0, 0.1) is 0 Å². The Hall–Kier alpha value is -1.83. The maximum Gasteiger partial charge on any atom is 0.268 e. The molecule has 21 heavy (non-hydrogen) atoms. The van der Waals surface area contributed by atoms with E-state index < -0.39 is 0 Å². The van der Waals surface area contributed by atoms with Crippen molar-refractivity contribution in [3.63, 3.8) is 0 Å². The van der Waals surface area contributed by atoms with Gasteiger partial charge in [0, 0.05) is 27.2 Å². The van der Waals surface area contributed by atoms with Gasteiger partial charge in [-0.15, -0.1) is 0 Å². The Morgan fingerprint density at radius 3 is 2.57 bits per heavy atom. The van der Waals surface area contributed by atoms with Gasteiger partial charge in [0.05, 0.1) is 6.54 Å². The fourth-order valence-corrected chi connectivity index (χ4v) is 2.75. The summed E-state index contributed by atoms with van der Waals surface area (Å²) in [5, 5.41) is 3.37. The molecule has 0 aromatic carbocycles. The molecule has 0 unspecified atom stereocenters. The predicted octanol–water partition coefficient (Wildman–Crippen LogP) is 0.780. The normalized spacial score (nSPS) is 10.3. The van der Waals surface area contributed by atoms with Gasteiger partial charge in [-0.25, -0.2) is 4.98 Å². The van der Waals surface area contributed by atoms with Gasteiger partial charge in [-0.05, 0) is 13.3 Å². The number of nitrogens with two attached hydrogens (primary N) is 1. The van der Waals surface area contributed by atoms with Crippen LogP contribution < -0.4 is 16.0 Å². The molecule has 0 fully saturated rings. The number of aromatic nitrogens is 1. The number of hydrogen-bond donors (Lipinski definition) is 2. The molecule has 2 amide bonds. The summed E-state index contributed by atoms with van der Waals surface area (Å²) in [6.45, 7) is 5.28. The number of thiazole rings is 1. The third-order valence-electron chi connectivity index (χ3n) is 2.82. The number of carbonyl (C=O) groups excluding carboxylic acids is 2. The number of carbonyl (C=O) groups is 2. The minimum absolute atomic E-state index is 0.00411. The molecule has 118 valence electrons. The van der Waals surface area contributed by atoms with E-state index in [1.807, 2.05) is 18.9 Å². The Morgan fingerprint density at radius 1 is 1.33 bits per heavy atom. The molecule has 0 radical (unpaired) electrons. The lowest BCUT2D eigenvalue weighted by Gasteiger charge is -2.15. The first kappa shape index (κ1) is 17.2. The first-order valence-electron chi connectivity index (χ1n) is 6.90. The van der Waals surface area contributed by atoms with Crippen LogP contribution in [0.15, 0.2) is 0 Å². The number of nitrogens with one attached hydrogen (secondary N) is 1. The van der Waals surface area contributed by atoms with E-state index in [1.165, 1.54) is 16.2 Å². The van der Waals surface area contributed by atoms with Crippen LogP contribution in [0.25, 0.3) is 0 Å². The van der Waals surface area contributed by atoms with Gasteiger partial charge in [0.1, 0.15) is 10.7 Å². The topological polar surface area (TPSA) is 91.6 Å². The van der Waals surface area contributed by atoms with E-state index in [-0.39, 0.29) is 24.2 Å². The van der Waals surface area contributed by atoms with Crippen LogP contribution in [0.4, 0.5) is 10.9 Å². The van der Waals surface area contributed by atoms with Gasteiger partial charge >= 0.3 is 0 Å². The van der Waals surface area contributed by atoms with Crippen molar-refractivity contribution in [1.29, 1.82) is 0 Å². The van der Waals surface area contributed by atoms with Crippen LogP contribution in [0.2, 0.25) is 0 Å². The van der Waals surface area contributed by atoms with Crippen molar-refractivity contribution in [2.45, 2.75) is 20.3 Å². The molecule has 0 aliphatic heterocycles. The van der Waals surface area contributed by atoms with E-state index in [4.69, 9.17) is 5.73 Å². The number of nitrogen functional groups attached to an aromatic ring is 1. The summed E-state index contributed by atoms with van der Waals surface area (Å²) in [5.41, 5.74) is 5.83. The van der Waals surface area contributed by atoms with Crippen LogP contribution >= 0.6 is 11.3 Å². The molecule has 0 atom stereocenters. The molecular formula is C13H23N5O2S. The zero-order valence-corrected chi connectivity index (χ0v) is 13.8. The van der Waals surface area contributed by atoms with Crippen LogP contribution in [0.3, 0.4) is 0 Å². The second-order valence-corrected chi connectivity index (χ2v) is 5.72. The molecule has 7 nitrogen and oxygen atoms in total. The molecule has 1 heterocycles. The smallest absolute Gasteiger partial charge is 0.268 e. The molecule has 0 aliphatic carbocycles. The number of rotatable bonds is 7. The van der Waals surface area contributed by atoms with E-state index in [0.29, 0.717) is 16.6 Å². The molecular weight excluding hydrogens is 290 g/mol. The zero-order chi connectivity index (χ0) is 16.0. The number of nitrogens with zero attached hydrogens (tertiary/aromatic N) is 3. The average molecular weight is 313 g/mol. The lowest BCUT2D eigenvalue weighted by atomic mass is 10.4. The highest BCUT2D eigenvalue weighted by atomic mass is 32.1. The summed E-state index contributed by atoms with van der Waals surface area (Å²) in [6.07, 6.45) is 0.982. The van der Waals surface area contributed by atoms with Gasteiger partial charge in [0.15, 0.2) is 5.13 Å². The lowest BCUT2D eigenvalue weighted by Crippen LogP contribution is -2.38. The Labute approximate surface area is 129 Å². The van der Waals surface area contributed by atoms with Gasteiger partial charge < -0.3 is 20.9 Å². The van der Waals surface area contributed by atoms with Crippen molar-refractivity contribution < 1.29 is 9.59 Å². The van der Waals surface area contributed by atoms with Crippen LogP contribution in [-0.2, 0) is 4.79 Å². The van der Waals surface area contributed by atoms with Crippen molar-refractivity contribution in [1.82, 2.24) is 15.2 Å². The lowest BCUT2D eigenvalue weighted by molar-refractivity contribution is -0.121. The fourth-order valence-electron chi connectivity index (χ4n) is 1.78. The molecule has 3 N–H and O–H groups in total. The summed E-state index contributed by atoms with van der Waals surface area (Å²) in [7, 11) is 3.49. The van der Waals surface area contributed by atoms with Gasteiger partial charge in [-0.2, -0.15) is 0 Å². The van der Waals surface area contributed by atoms with E-state index >= 15 is 0 Å². The van der Waals surface area contributed by atoms with Gasteiger partial charge in [-0.3, -0.25) is 9.59 Å². The Kier molecular flexibility index (Phi) is 6.41. The molecule has 0 saturated heterocycles. The Bertz CT molecular complexity index is 503. The van der Waals surface area contributed by atoms with Crippen molar-refractivity contribution in [2.75, 3.05) is 44.4 Å². The molecule has 0 spiro atoms. The first-order valence-corrected chi connectivity index (χ1v) is 7.71. The second-order valence-electron chi connectivity index (χ2n) is 4.75. The largest absolute Gasteiger partial charge is 0.382 e. The maximum atomic E-state index is 12.3. The third kappa shape index (κ3) is 4.59. The minimum Gasteiger partial charge on any atom is -0.382 e. The van der Waals surface area contributed by atoms with Crippen molar-refractivity contribution in [3.8, 4) is 0 Å². The number of likely N-dealkylation sites (N-methyl/N-ethyl adjacent to an activating group) is 2. The number of amides is 2. The highest BCUT2D eigenvalue weighted by Crippen LogP contribution is 2.28. The third-order valence-corrected chi connectivity index (χ3v) is 4.00. The average Bonchev–Trinajstić information content (AvgIpc) is 2.80. The monoisotopic (exact) mass is 313 g/mol. The molecule has 8 heteroatoms. The predicted molar refractivity (Wildman–Crippen MR) is 85.7 cm³/mol. The molecule has 1 aromatic heterocycles. The molecule has 0 bridgehead atoms. The van der Waals surface area contributed by atoms with Crippen LogP contribution in [0.5, 0.6) is 0 Å². The standard InChI is InChI=1S/C13H23N5O2S/c1-5-7-17(3)13-16-11(14)10(21-13)12(20)18(4)8-9(19)15-6-2/h5-8,14H2,1-4H3,(H,15,19). The SMILES string of the molecule is CCCN(C)c1nc(N)c(C(=O)N(C)CC(=O)NCC)s1. The number of anilines is 2. The molecule has 0 saturated carbocycles. The highest BCUT2D eigenvalue weighted by Gasteiger charge is 2.22. The summed E-state index contributed by atoms with van der Waals surface area (Å²) >= 11 is 1.25. The van der Waals surface area contributed by atoms with E-state index in [2.05, 4.69) is 17.2 Å². The van der Waals surface area contributed by atoms with Crippen molar-refractivity contribution in [2.24, 2.45) is 0 Å². The summed E-state index contributed by atoms with van der Waals surface area (Å²) < 4.78 is 0. The Morgan fingerprint density at radius 2 is 2.00 bits per heavy atom. The van der Waals surface area contributed by atoms with Crippen LogP contribution in [0.1, 0.15) is 29.9 Å².